The van der Waals surface area contributed by atoms with Gasteiger partial charge in [0.2, 0.25) is 5.90 Å². The van der Waals surface area contributed by atoms with E-state index in [2.05, 4.69) is 0 Å². The van der Waals surface area contributed by atoms with Crippen LogP contribution in [0.3, 0.4) is 0 Å². The number of hydrogen-bond acceptors (Lipinski definition) is 4. The Labute approximate surface area is 161 Å². The van der Waals surface area contributed by atoms with E-state index in [1.807, 2.05) is 79.7 Å². The minimum atomic E-state index is -1.30. The van der Waals surface area contributed by atoms with Gasteiger partial charge in [-0.05, 0) is 48.9 Å². The van der Waals surface area contributed by atoms with E-state index in [0.29, 0.717) is 17.4 Å². The molecule has 0 saturated heterocycles. The Morgan fingerprint density at radius 2 is 1.70 bits per heavy atom. The fourth-order valence-corrected chi connectivity index (χ4v) is 4.20. The second-order valence-electron chi connectivity index (χ2n) is 6.51. The lowest BCUT2D eigenvalue weighted by Crippen LogP contribution is -2.07. The third kappa shape index (κ3) is 3.64. The predicted octanol–water partition coefficient (Wildman–Crippen LogP) is 4.26. The average molecular weight is 376 g/mol. The number of benzene rings is 3. The SMILES string of the molecule is Cc1ccc(S(=O)c2ccccc2C2=N[C@@H](c3ccc(N)cc3)CO2)cc1. The Kier molecular flexibility index (Phi) is 4.77. The first-order valence-electron chi connectivity index (χ1n) is 8.76. The fraction of sp³-hybridized carbons (Fsp3) is 0.136. The third-order valence-corrected chi connectivity index (χ3v) is 5.98. The van der Waals surface area contributed by atoms with Crippen molar-refractivity contribution in [2.45, 2.75) is 22.8 Å². The van der Waals surface area contributed by atoms with E-state index in [0.717, 1.165) is 27.3 Å². The largest absolute Gasteiger partial charge is 0.475 e. The average Bonchev–Trinajstić information content (AvgIpc) is 3.19. The van der Waals surface area contributed by atoms with Crippen molar-refractivity contribution >= 4 is 22.4 Å². The van der Waals surface area contributed by atoms with Gasteiger partial charge in [-0.25, -0.2) is 9.20 Å². The van der Waals surface area contributed by atoms with Crippen molar-refractivity contribution in [3.05, 3.63) is 89.5 Å². The summed E-state index contributed by atoms with van der Waals surface area (Å²) in [5.74, 6) is 0.535. The Balaban J connectivity index is 1.67. The monoisotopic (exact) mass is 376 g/mol. The Morgan fingerprint density at radius 3 is 2.44 bits per heavy atom. The molecule has 0 fully saturated rings. The van der Waals surface area contributed by atoms with Gasteiger partial charge in [-0.1, -0.05) is 42.0 Å². The van der Waals surface area contributed by atoms with Crippen LogP contribution in [0.5, 0.6) is 0 Å². The highest BCUT2D eigenvalue weighted by molar-refractivity contribution is 7.85. The van der Waals surface area contributed by atoms with E-state index in [-0.39, 0.29) is 6.04 Å². The van der Waals surface area contributed by atoms with Gasteiger partial charge in [0.05, 0.1) is 21.3 Å². The van der Waals surface area contributed by atoms with Crippen molar-refractivity contribution in [1.29, 1.82) is 0 Å². The predicted molar refractivity (Wildman–Crippen MR) is 108 cm³/mol. The van der Waals surface area contributed by atoms with Crippen LogP contribution in [0.25, 0.3) is 0 Å². The van der Waals surface area contributed by atoms with Gasteiger partial charge in [0, 0.05) is 10.6 Å². The van der Waals surface area contributed by atoms with Crippen molar-refractivity contribution in [1.82, 2.24) is 0 Å². The lowest BCUT2D eigenvalue weighted by Gasteiger charge is -2.09. The number of ether oxygens (including phenoxy) is 1. The molecule has 2 atom stereocenters. The zero-order chi connectivity index (χ0) is 18.8. The van der Waals surface area contributed by atoms with Gasteiger partial charge >= 0.3 is 0 Å². The molecule has 4 rings (SSSR count). The van der Waals surface area contributed by atoms with E-state index >= 15 is 0 Å². The van der Waals surface area contributed by atoms with E-state index in [4.69, 9.17) is 15.5 Å². The summed E-state index contributed by atoms with van der Waals surface area (Å²) in [5.41, 5.74) is 9.45. The maximum atomic E-state index is 13.1. The summed E-state index contributed by atoms with van der Waals surface area (Å²) >= 11 is 0. The van der Waals surface area contributed by atoms with Gasteiger partial charge in [0.15, 0.2) is 0 Å². The first kappa shape index (κ1) is 17.5. The van der Waals surface area contributed by atoms with Crippen molar-refractivity contribution in [2.24, 2.45) is 4.99 Å². The van der Waals surface area contributed by atoms with Crippen molar-refractivity contribution in [3.63, 3.8) is 0 Å². The Morgan fingerprint density at radius 1 is 1.00 bits per heavy atom. The van der Waals surface area contributed by atoms with Crippen LogP contribution in [0, 0.1) is 6.92 Å². The van der Waals surface area contributed by atoms with Crippen LogP contribution in [0.4, 0.5) is 5.69 Å². The van der Waals surface area contributed by atoms with E-state index in [1.54, 1.807) is 0 Å². The summed E-state index contributed by atoms with van der Waals surface area (Å²) in [7, 11) is -1.30. The number of anilines is 1. The summed E-state index contributed by atoms with van der Waals surface area (Å²) in [6.45, 7) is 2.48. The van der Waals surface area contributed by atoms with Crippen molar-refractivity contribution < 1.29 is 8.95 Å². The molecular formula is C22H20N2O2S. The molecule has 1 unspecified atom stereocenters. The summed E-state index contributed by atoms with van der Waals surface area (Å²) < 4.78 is 19.0. The van der Waals surface area contributed by atoms with E-state index in [9.17, 15) is 4.21 Å². The standard InChI is InChI=1S/C22H20N2O2S/c1-15-6-12-18(13-7-15)27(25)21-5-3-2-4-19(21)22-24-20(14-26-22)16-8-10-17(23)11-9-16/h2-13,20H,14,23H2,1H3/t20-,27?/m1/s1. The maximum absolute atomic E-state index is 13.1. The summed E-state index contributed by atoms with van der Waals surface area (Å²) in [6, 6.07) is 22.9. The number of aliphatic imine (C=N–C) groups is 1. The van der Waals surface area contributed by atoms with Crippen LogP contribution < -0.4 is 5.73 Å². The molecule has 136 valence electrons. The zero-order valence-electron chi connectivity index (χ0n) is 15.0. The lowest BCUT2D eigenvalue weighted by molar-refractivity contribution is 0.319. The molecule has 0 spiro atoms. The molecule has 1 heterocycles. The topological polar surface area (TPSA) is 64.7 Å². The van der Waals surface area contributed by atoms with E-state index < -0.39 is 10.8 Å². The normalized spacial score (nSPS) is 17.2. The van der Waals surface area contributed by atoms with Crippen LogP contribution >= 0.6 is 0 Å². The molecule has 3 aromatic rings. The number of rotatable bonds is 4. The number of hydrogen-bond donors (Lipinski definition) is 1. The molecule has 0 amide bonds. The highest BCUT2D eigenvalue weighted by atomic mass is 32.2. The molecule has 2 N–H and O–H groups in total. The van der Waals surface area contributed by atoms with Crippen LogP contribution in [-0.4, -0.2) is 16.7 Å². The first-order valence-corrected chi connectivity index (χ1v) is 9.91. The first-order chi connectivity index (χ1) is 13.1. The highest BCUT2D eigenvalue weighted by Crippen LogP contribution is 2.29. The summed E-state index contributed by atoms with van der Waals surface area (Å²) in [6.07, 6.45) is 0. The van der Waals surface area contributed by atoms with Crippen molar-refractivity contribution in [2.75, 3.05) is 12.3 Å². The minimum absolute atomic E-state index is 0.0820. The summed E-state index contributed by atoms with van der Waals surface area (Å²) in [5, 5.41) is 0. The zero-order valence-corrected chi connectivity index (χ0v) is 15.8. The highest BCUT2D eigenvalue weighted by Gasteiger charge is 2.25. The second-order valence-corrected chi connectivity index (χ2v) is 7.95. The molecule has 4 nitrogen and oxygen atoms in total. The van der Waals surface area contributed by atoms with Crippen LogP contribution in [0.1, 0.15) is 22.7 Å². The summed E-state index contributed by atoms with van der Waals surface area (Å²) in [4.78, 5) is 6.20. The van der Waals surface area contributed by atoms with Gasteiger partial charge < -0.3 is 10.5 Å². The molecule has 0 aliphatic carbocycles. The van der Waals surface area contributed by atoms with Gasteiger partial charge in [0.25, 0.3) is 0 Å². The number of nitrogens with zero attached hydrogens (tertiary/aromatic N) is 1. The molecule has 0 radical (unpaired) electrons. The van der Waals surface area contributed by atoms with Crippen LogP contribution in [0.15, 0.2) is 87.6 Å². The third-order valence-electron chi connectivity index (χ3n) is 4.52. The molecule has 0 bridgehead atoms. The number of aryl methyl sites for hydroxylation is 1. The van der Waals surface area contributed by atoms with Crippen LogP contribution in [-0.2, 0) is 15.5 Å². The number of nitrogens with two attached hydrogens (primary N) is 1. The Hall–Kier alpha value is -2.92. The molecule has 0 saturated carbocycles. The molecule has 3 aromatic carbocycles. The van der Waals surface area contributed by atoms with E-state index in [1.165, 1.54) is 0 Å². The van der Waals surface area contributed by atoms with Crippen molar-refractivity contribution in [3.8, 4) is 0 Å². The fourth-order valence-electron chi connectivity index (χ4n) is 3.00. The molecule has 27 heavy (non-hydrogen) atoms. The maximum Gasteiger partial charge on any atom is 0.218 e. The van der Waals surface area contributed by atoms with Gasteiger partial charge in [-0.15, -0.1) is 0 Å². The smallest absolute Gasteiger partial charge is 0.218 e. The molecule has 1 aliphatic heterocycles. The van der Waals surface area contributed by atoms with Gasteiger partial charge in [-0.2, -0.15) is 0 Å². The quantitative estimate of drug-likeness (QED) is 0.692. The number of nitrogen functional groups attached to an aromatic ring is 1. The molecular weight excluding hydrogens is 356 g/mol. The van der Waals surface area contributed by atoms with Gasteiger partial charge in [0.1, 0.15) is 12.6 Å². The van der Waals surface area contributed by atoms with Crippen LogP contribution in [0.2, 0.25) is 0 Å². The lowest BCUT2D eigenvalue weighted by atomic mass is 10.1. The molecule has 1 aliphatic rings. The second kappa shape index (κ2) is 7.37. The molecule has 0 aromatic heterocycles. The van der Waals surface area contributed by atoms with Gasteiger partial charge in [-0.3, -0.25) is 0 Å². The minimum Gasteiger partial charge on any atom is -0.475 e. The molecule has 5 heteroatoms. The Bertz CT molecular complexity index is 1010.